The highest BCUT2D eigenvalue weighted by molar-refractivity contribution is 6.70. The van der Waals surface area contributed by atoms with Crippen LogP contribution in [0.4, 0.5) is 11.4 Å². The Balaban J connectivity index is 1.48. The van der Waals surface area contributed by atoms with Crippen LogP contribution in [0.2, 0.25) is 20.5 Å². The van der Waals surface area contributed by atoms with Gasteiger partial charge in [-0.2, -0.15) is 0 Å². The second-order valence-electron chi connectivity index (χ2n) is 9.59. The van der Waals surface area contributed by atoms with Crippen LogP contribution in [-0.4, -0.2) is 37.6 Å². The molecule has 4 aromatic carbocycles. The van der Waals surface area contributed by atoms with Gasteiger partial charge in [0.25, 0.3) is 23.6 Å². The predicted octanol–water partition coefficient (Wildman–Crippen LogP) is 3.78. The summed E-state index contributed by atoms with van der Waals surface area (Å²) in [6.45, 7) is 6.37. The van der Waals surface area contributed by atoms with E-state index in [4.69, 9.17) is 0 Å². The van der Waals surface area contributed by atoms with Gasteiger partial charge >= 0.3 is 0 Å². The maximum atomic E-state index is 13.6. The van der Waals surface area contributed by atoms with E-state index in [1.165, 1.54) is 0 Å². The quantitative estimate of drug-likeness (QED) is 0.327. The molecular formula is C29H21B2N2O4. The van der Waals surface area contributed by atoms with Gasteiger partial charge in [0.05, 0.1) is 11.4 Å². The van der Waals surface area contributed by atoms with Crippen molar-refractivity contribution in [1.29, 1.82) is 0 Å². The van der Waals surface area contributed by atoms with Crippen molar-refractivity contribution in [3.8, 4) is 0 Å². The van der Waals surface area contributed by atoms with E-state index in [1.54, 1.807) is 48.5 Å². The number of rotatable bonds is 4. The minimum atomic E-state index is -0.485. The molecule has 0 saturated heterocycles. The van der Waals surface area contributed by atoms with Crippen molar-refractivity contribution in [3.05, 3.63) is 95.1 Å². The second-order valence-corrected chi connectivity index (χ2v) is 9.59. The lowest BCUT2D eigenvalue weighted by atomic mass is 9.49. The van der Waals surface area contributed by atoms with Crippen molar-refractivity contribution >= 4 is 70.7 Å². The normalized spacial score (nSPS) is 14.5. The fourth-order valence-electron chi connectivity index (χ4n) is 5.17. The number of carbonyl (C=O) groups excluding carboxylic acids is 4. The zero-order chi connectivity index (χ0) is 26.0. The van der Waals surface area contributed by atoms with E-state index >= 15 is 0 Å². The van der Waals surface area contributed by atoms with Gasteiger partial charge in [-0.05, 0) is 48.5 Å². The van der Waals surface area contributed by atoms with Crippen LogP contribution in [0.25, 0.3) is 10.8 Å². The lowest BCUT2D eigenvalue weighted by Crippen LogP contribution is -2.43. The number of hydrogen-bond acceptors (Lipinski definition) is 4. The number of hydrogen-bond donors (Lipinski definition) is 0. The Hall–Kier alpha value is -4.45. The standard InChI is InChI=1S/C29H21B2N2O4/c1-30-16-4-8-18(9-5-16)32-26(34)20-12-14-22-25-23(15-13-21(24(20)25)27(32)35)29(37)33(28(22)36)19-10-6-17(7-11-19)31(2)3/h4-15H,1-3H3. The molecule has 8 heteroatoms. The molecule has 2 aliphatic heterocycles. The molecule has 2 heterocycles. The zero-order valence-corrected chi connectivity index (χ0v) is 20.6. The van der Waals surface area contributed by atoms with Crippen LogP contribution in [0.15, 0.2) is 72.8 Å². The molecular weight excluding hydrogens is 462 g/mol. The molecule has 0 atom stereocenters. The fraction of sp³-hybridized carbons (Fsp3) is 0.103. The number of benzene rings is 4. The highest BCUT2D eigenvalue weighted by Crippen LogP contribution is 2.39. The highest BCUT2D eigenvalue weighted by Gasteiger charge is 2.40. The molecule has 6 nitrogen and oxygen atoms in total. The lowest BCUT2D eigenvalue weighted by molar-refractivity contribution is 0.0873. The number of imide groups is 2. The summed E-state index contributed by atoms with van der Waals surface area (Å²) in [7, 11) is 1.93. The first kappa shape index (κ1) is 23.0. The van der Waals surface area contributed by atoms with Gasteiger partial charge in [-0.1, -0.05) is 55.7 Å². The van der Waals surface area contributed by atoms with Gasteiger partial charge in [-0.15, -0.1) is 0 Å². The smallest absolute Gasteiger partial charge is 0.265 e. The maximum Gasteiger partial charge on any atom is 0.265 e. The first-order valence-corrected chi connectivity index (χ1v) is 12.2. The molecule has 0 N–H and O–H groups in total. The molecule has 0 fully saturated rings. The van der Waals surface area contributed by atoms with Gasteiger partial charge in [0, 0.05) is 33.0 Å². The lowest BCUT2D eigenvalue weighted by Gasteiger charge is -2.32. The largest absolute Gasteiger partial charge is 0.268 e. The molecule has 0 spiro atoms. The van der Waals surface area contributed by atoms with Crippen LogP contribution in [0.1, 0.15) is 41.4 Å². The molecule has 2 aliphatic rings. The summed E-state index contributed by atoms with van der Waals surface area (Å²) in [4.78, 5) is 56.6. The molecule has 4 amide bonds. The fourth-order valence-corrected chi connectivity index (χ4v) is 5.17. The van der Waals surface area contributed by atoms with E-state index in [0.29, 0.717) is 40.0 Å². The summed E-state index contributed by atoms with van der Waals surface area (Å²) in [5, 5.41) is 0.716. The molecule has 0 bridgehead atoms. The molecule has 0 aromatic heterocycles. The van der Waals surface area contributed by atoms with Crippen LogP contribution >= 0.6 is 0 Å². The molecule has 0 aliphatic carbocycles. The monoisotopic (exact) mass is 483 g/mol. The number of nitrogens with zero attached hydrogens (tertiary/aromatic N) is 2. The Bertz CT molecular complexity index is 1590. The molecule has 0 saturated carbocycles. The first-order chi connectivity index (χ1) is 17.8. The minimum Gasteiger partial charge on any atom is -0.268 e. The topological polar surface area (TPSA) is 74.8 Å². The van der Waals surface area contributed by atoms with Gasteiger partial charge in [0.2, 0.25) is 0 Å². The van der Waals surface area contributed by atoms with E-state index in [9.17, 15) is 19.2 Å². The van der Waals surface area contributed by atoms with Gasteiger partial charge in [0.15, 0.2) is 6.71 Å². The van der Waals surface area contributed by atoms with E-state index in [2.05, 4.69) is 13.6 Å². The Morgan fingerprint density at radius 2 is 0.892 bits per heavy atom. The third kappa shape index (κ3) is 3.29. The average molecular weight is 483 g/mol. The Morgan fingerprint density at radius 3 is 1.22 bits per heavy atom. The number of carbonyl (C=O) groups is 4. The van der Waals surface area contributed by atoms with E-state index in [0.717, 1.165) is 20.7 Å². The summed E-state index contributed by atoms with van der Waals surface area (Å²) in [5.74, 6) is -1.93. The van der Waals surface area contributed by atoms with E-state index in [1.807, 2.05) is 38.4 Å². The van der Waals surface area contributed by atoms with Crippen LogP contribution in [0.3, 0.4) is 0 Å². The van der Waals surface area contributed by atoms with Crippen LogP contribution in [0.5, 0.6) is 0 Å². The summed E-state index contributed by atoms with van der Waals surface area (Å²) in [6, 6.07) is 20.8. The molecule has 177 valence electrons. The maximum absolute atomic E-state index is 13.6. The Morgan fingerprint density at radius 1 is 0.541 bits per heavy atom. The summed E-state index contributed by atoms with van der Waals surface area (Å²) < 4.78 is 0. The highest BCUT2D eigenvalue weighted by atomic mass is 16.2. The van der Waals surface area contributed by atoms with Crippen molar-refractivity contribution in [2.24, 2.45) is 0 Å². The van der Waals surface area contributed by atoms with Crippen molar-refractivity contribution in [2.45, 2.75) is 20.5 Å². The SMILES string of the molecule is C[B]c1ccc(N2C(=O)c3ccc4c5c(ccc(c35)C2=O)C(=O)N(c2ccc(B(C)C)cc2)C4=O)cc1. The summed E-state index contributed by atoms with van der Waals surface area (Å²) in [6.07, 6.45) is 0. The summed E-state index contributed by atoms with van der Waals surface area (Å²) >= 11 is 0. The average Bonchev–Trinajstić information content (AvgIpc) is 2.91. The Kier molecular flexibility index (Phi) is 5.16. The van der Waals surface area contributed by atoms with Crippen molar-refractivity contribution in [3.63, 3.8) is 0 Å². The third-order valence-electron chi connectivity index (χ3n) is 7.20. The van der Waals surface area contributed by atoms with Crippen LogP contribution in [0, 0.1) is 0 Å². The van der Waals surface area contributed by atoms with Crippen LogP contribution in [-0.2, 0) is 0 Å². The van der Waals surface area contributed by atoms with Gasteiger partial charge in [-0.3, -0.25) is 19.2 Å². The Labute approximate surface area is 215 Å². The van der Waals surface area contributed by atoms with Gasteiger partial charge < -0.3 is 0 Å². The molecule has 1 radical (unpaired) electrons. The van der Waals surface area contributed by atoms with E-state index in [-0.39, 0.29) is 11.1 Å². The second kappa shape index (κ2) is 8.30. The minimum absolute atomic E-state index is 0.289. The van der Waals surface area contributed by atoms with Gasteiger partial charge in [-0.25, -0.2) is 9.80 Å². The van der Waals surface area contributed by atoms with Crippen molar-refractivity contribution < 1.29 is 19.2 Å². The van der Waals surface area contributed by atoms with Crippen LogP contribution < -0.4 is 20.7 Å². The molecule has 37 heavy (non-hydrogen) atoms. The van der Waals surface area contributed by atoms with Crippen molar-refractivity contribution in [1.82, 2.24) is 0 Å². The zero-order valence-electron chi connectivity index (χ0n) is 20.6. The number of anilines is 2. The van der Waals surface area contributed by atoms with Crippen molar-refractivity contribution in [2.75, 3.05) is 9.80 Å². The first-order valence-electron chi connectivity index (χ1n) is 12.2. The summed E-state index contributed by atoms with van der Waals surface area (Å²) in [5.41, 5.74) is 4.17. The van der Waals surface area contributed by atoms with E-state index < -0.39 is 23.6 Å². The molecule has 6 rings (SSSR count). The predicted molar refractivity (Wildman–Crippen MR) is 147 cm³/mol. The molecule has 4 aromatic rings. The molecule has 0 unspecified atom stereocenters. The van der Waals surface area contributed by atoms with Gasteiger partial charge in [0.1, 0.15) is 7.28 Å². The third-order valence-corrected chi connectivity index (χ3v) is 7.20. The number of amides is 4.